The number of nitrogens with one attached hydrogen (secondary N) is 1. The minimum Gasteiger partial charge on any atom is -0.489 e. The Morgan fingerprint density at radius 2 is 1.77 bits per heavy atom. The zero-order valence-electron chi connectivity index (χ0n) is 14.1. The molecule has 134 valence electrons. The molecule has 0 unspecified atom stereocenters. The van der Waals surface area contributed by atoms with Crippen molar-refractivity contribution in [1.29, 1.82) is 0 Å². The fraction of sp³-hybridized carbons (Fsp3) is 0.158. The first kappa shape index (κ1) is 17.5. The van der Waals surface area contributed by atoms with Crippen molar-refractivity contribution >= 4 is 5.97 Å². The van der Waals surface area contributed by atoms with E-state index in [-0.39, 0.29) is 11.4 Å². The third-order valence-corrected chi connectivity index (χ3v) is 3.81. The lowest BCUT2D eigenvalue weighted by Gasteiger charge is -2.14. The summed E-state index contributed by atoms with van der Waals surface area (Å²) in [6.45, 7) is 0.696. The minimum atomic E-state index is -1.21. The molecular formula is C19H18N2O5. The molecule has 0 aliphatic heterocycles. The normalized spacial score (nSPS) is 10.7. The van der Waals surface area contributed by atoms with Crippen molar-refractivity contribution in [2.45, 2.75) is 0 Å². The molecule has 2 aromatic carbocycles. The second kappa shape index (κ2) is 7.71. The highest BCUT2D eigenvalue weighted by atomic mass is 16.5. The Hall–Kier alpha value is -3.32. The van der Waals surface area contributed by atoms with Gasteiger partial charge in [-0.05, 0) is 12.1 Å². The number of aromatic amines is 1. The minimum absolute atomic E-state index is 0.173. The van der Waals surface area contributed by atoms with Crippen LogP contribution in [0.15, 0.2) is 59.4 Å². The zero-order valence-corrected chi connectivity index (χ0v) is 14.1. The van der Waals surface area contributed by atoms with Gasteiger partial charge in [0, 0.05) is 12.7 Å². The Kier molecular flexibility index (Phi) is 5.19. The third kappa shape index (κ3) is 3.38. The fourth-order valence-electron chi connectivity index (χ4n) is 2.69. The predicted octanol–water partition coefficient (Wildman–Crippen LogP) is 2.56. The Morgan fingerprint density at radius 3 is 2.46 bits per heavy atom. The summed E-state index contributed by atoms with van der Waals surface area (Å²) in [7, 11) is 1.57. The van der Waals surface area contributed by atoms with Crippen LogP contribution in [0.5, 0.6) is 5.75 Å². The highest BCUT2D eigenvalue weighted by Gasteiger charge is 2.23. The quantitative estimate of drug-likeness (QED) is 0.636. The second-order valence-electron chi connectivity index (χ2n) is 5.47. The number of hydrogen-bond acceptors (Lipinski definition) is 4. The molecule has 0 saturated heterocycles. The number of nitrogens with zero attached hydrogens (tertiary/aromatic N) is 1. The van der Waals surface area contributed by atoms with Crippen molar-refractivity contribution in [3.63, 3.8) is 0 Å². The molecule has 0 bridgehead atoms. The molecule has 1 heterocycles. The Morgan fingerprint density at radius 1 is 1.08 bits per heavy atom. The predicted molar refractivity (Wildman–Crippen MR) is 96.2 cm³/mol. The monoisotopic (exact) mass is 354 g/mol. The fourth-order valence-corrected chi connectivity index (χ4v) is 2.69. The molecule has 3 rings (SSSR count). The highest BCUT2D eigenvalue weighted by Crippen LogP contribution is 2.29. The third-order valence-electron chi connectivity index (χ3n) is 3.81. The van der Waals surface area contributed by atoms with Gasteiger partial charge in [0.25, 0.3) is 0 Å². The lowest BCUT2D eigenvalue weighted by molar-refractivity contribution is 0.0692. The van der Waals surface area contributed by atoms with Gasteiger partial charge in [-0.15, -0.1) is 0 Å². The van der Waals surface area contributed by atoms with E-state index in [9.17, 15) is 14.7 Å². The molecule has 0 radical (unpaired) electrons. The molecule has 0 aliphatic carbocycles. The standard InChI is InChI=1S/C19H18N2O5/c1-25-11-12-26-15-10-6-5-9-14(15)21-17(13-7-3-2-4-8-13)16(18(22)23)20-19(21)24/h2-10H,11-12H2,1H3,(H,20,24)(H,22,23). The summed E-state index contributed by atoms with van der Waals surface area (Å²) in [6.07, 6.45) is 0. The summed E-state index contributed by atoms with van der Waals surface area (Å²) in [4.78, 5) is 26.7. The maximum Gasteiger partial charge on any atom is 0.354 e. The van der Waals surface area contributed by atoms with Gasteiger partial charge in [0.1, 0.15) is 12.4 Å². The Bertz CT molecular complexity index is 960. The summed E-state index contributed by atoms with van der Waals surface area (Å²) in [5.74, 6) is -0.753. The number of carbonyl (C=O) groups is 1. The number of imidazole rings is 1. The first-order chi connectivity index (χ1) is 12.6. The molecule has 7 nitrogen and oxygen atoms in total. The Balaban J connectivity index is 2.21. The maximum atomic E-state index is 12.6. The number of aromatic carboxylic acids is 1. The van der Waals surface area contributed by atoms with Gasteiger partial charge in [-0.1, -0.05) is 42.5 Å². The van der Waals surface area contributed by atoms with E-state index >= 15 is 0 Å². The topological polar surface area (TPSA) is 93.5 Å². The van der Waals surface area contributed by atoms with E-state index in [1.165, 1.54) is 4.57 Å². The van der Waals surface area contributed by atoms with Gasteiger partial charge >= 0.3 is 11.7 Å². The maximum absolute atomic E-state index is 12.6. The smallest absolute Gasteiger partial charge is 0.354 e. The molecule has 3 aromatic rings. The number of carboxylic acids is 1. The summed E-state index contributed by atoms with van der Waals surface area (Å²) in [5, 5.41) is 9.52. The van der Waals surface area contributed by atoms with E-state index in [1.54, 1.807) is 55.6 Å². The summed E-state index contributed by atoms with van der Waals surface area (Å²) in [5.41, 5.74) is 0.606. The van der Waals surface area contributed by atoms with Crippen LogP contribution in [-0.2, 0) is 4.74 Å². The van der Waals surface area contributed by atoms with Gasteiger partial charge in [0.2, 0.25) is 0 Å². The van der Waals surface area contributed by atoms with Gasteiger partial charge < -0.3 is 14.6 Å². The lowest BCUT2D eigenvalue weighted by atomic mass is 10.1. The van der Waals surface area contributed by atoms with Crippen LogP contribution in [0.25, 0.3) is 16.9 Å². The highest BCUT2D eigenvalue weighted by molar-refractivity contribution is 5.93. The van der Waals surface area contributed by atoms with Gasteiger partial charge in [-0.3, -0.25) is 9.55 Å². The zero-order chi connectivity index (χ0) is 18.5. The molecule has 1 aromatic heterocycles. The summed E-state index contributed by atoms with van der Waals surface area (Å²) in [6, 6.07) is 15.8. The number of benzene rings is 2. The Labute approximate surface area is 149 Å². The van der Waals surface area contributed by atoms with Gasteiger partial charge in [-0.25, -0.2) is 9.59 Å². The van der Waals surface area contributed by atoms with E-state index in [2.05, 4.69) is 4.98 Å². The van der Waals surface area contributed by atoms with Gasteiger partial charge in [-0.2, -0.15) is 0 Å². The number of H-pyrrole nitrogens is 1. The molecule has 0 atom stereocenters. The van der Waals surface area contributed by atoms with Crippen LogP contribution >= 0.6 is 0 Å². The number of hydrogen-bond donors (Lipinski definition) is 2. The van der Waals surface area contributed by atoms with E-state index in [0.717, 1.165) is 0 Å². The molecule has 0 spiro atoms. The van der Waals surface area contributed by atoms with Crippen molar-refractivity contribution in [2.75, 3.05) is 20.3 Å². The number of carboxylic acid groups (broad SMARTS) is 1. The number of methoxy groups -OCH3 is 1. The van der Waals surface area contributed by atoms with E-state index < -0.39 is 11.7 Å². The average Bonchev–Trinajstić information content (AvgIpc) is 3.00. The van der Waals surface area contributed by atoms with Crippen molar-refractivity contribution in [1.82, 2.24) is 9.55 Å². The second-order valence-corrected chi connectivity index (χ2v) is 5.47. The average molecular weight is 354 g/mol. The van der Waals surface area contributed by atoms with Gasteiger partial charge in [0.05, 0.1) is 18.0 Å². The van der Waals surface area contributed by atoms with E-state index in [0.29, 0.717) is 30.2 Å². The molecule has 0 saturated carbocycles. The number of para-hydroxylation sites is 2. The van der Waals surface area contributed by atoms with E-state index in [1.807, 2.05) is 6.07 Å². The van der Waals surface area contributed by atoms with Crippen LogP contribution < -0.4 is 10.4 Å². The van der Waals surface area contributed by atoms with Crippen LogP contribution in [0, 0.1) is 0 Å². The van der Waals surface area contributed by atoms with Gasteiger partial charge in [0.15, 0.2) is 5.69 Å². The van der Waals surface area contributed by atoms with E-state index in [4.69, 9.17) is 9.47 Å². The van der Waals surface area contributed by atoms with Crippen LogP contribution in [0.1, 0.15) is 10.5 Å². The molecule has 0 amide bonds. The van der Waals surface area contributed by atoms with Crippen molar-refractivity contribution in [3.8, 4) is 22.7 Å². The van der Waals surface area contributed by atoms with Crippen LogP contribution in [0.4, 0.5) is 0 Å². The van der Waals surface area contributed by atoms with Crippen LogP contribution in [0.3, 0.4) is 0 Å². The number of rotatable bonds is 7. The van der Waals surface area contributed by atoms with Crippen molar-refractivity contribution in [2.24, 2.45) is 0 Å². The molecule has 0 aliphatic rings. The van der Waals surface area contributed by atoms with Crippen LogP contribution in [0.2, 0.25) is 0 Å². The molecular weight excluding hydrogens is 336 g/mol. The van der Waals surface area contributed by atoms with Crippen LogP contribution in [-0.4, -0.2) is 41.0 Å². The summed E-state index contributed by atoms with van der Waals surface area (Å²) >= 11 is 0. The molecule has 0 fully saturated rings. The SMILES string of the molecule is COCCOc1ccccc1-n1c(-c2ccccc2)c(C(=O)O)[nH]c1=O. The van der Waals surface area contributed by atoms with Crippen molar-refractivity contribution in [3.05, 3.63) is 70.8 Å². The summed E-state index contributed by atoms with van der Waals surface area (Å²) < 4.78 is 12.0. The van der Waals surface area contributed by atoms with Crippen molar-refractivity contribution < 1.29 is 19.4 Å². The largest absolute Gasteiger partial charge is 0.489 e. The molecule has 26 heavy (non-hydrogen) atoms. The molecule has 7 heteroatoms. The number of aromatic nitrogens is 2. The first-order valence-corrected chi connectivity index (χ1v) is 7.98. The number of ether oxygens (including phenoxy) is 2. The first-order valence-electron chi connectivity index (χ1n) is 7.98. The lowest BCUT2D eigenvalue weighted by Crippen LogP contribution is -2.17. The molecule has 2 N–H and O–H groups in total.